The maximum absolute atomic E-state index is 12.9. The van der Waals surface area contributed by atoms with Crippen LogP contribution in [0.1, 0.15) is 29.5 Å². The Morgan fingerprint density at radius 3 is 2.55 bits per heavy atom. The Kier molecular flexibility index (Phi) is 7.82. The summed E-state index contributed by atoms with van der Waals surface area (Å²) in [7, 11) is 1.58. The van der Waals surface area contributed by atoms with Gasteiger partial charge in [-0.1, -0.05) is 35.4 Å². The maximum atomic E-state index is 12.9. The SMILES string of the molecule is COCCn1c(-c2ccc(Cl)cc2)nn(CC(=O)CCCc2ccc(C)cc2C)c1=O. The quantitative estimate of drug-likeness (QED) is 0.472. The monoisotopic (exact) mass is 441 g/mol. The molecule has 0 unspecified atom stereocenters. The summed E-state index contributed by atoms with van der Waals surface area (Å²) in [5.74, 6) is 0.493. The zero-order valence-corrected chi connectivity index (χ0v) is 19.0. The summed E-state index contributed by atoms with van der Waals surface area (Å²) >= 11 is 5.98. The molecule has 1 heterocycles. The minimum atomic E-state index is -0.315. The number of benzene rings is 2. The Bertz CT molecular complexity index is 1100. The number of hydrogen-bond acceptors (Lipinski definition) is 4. The lowest BCUT2D eigenvalue weighted by Gasteiger charge is -2.06. The van der Waals surface area contributed by atoms with Gasteiger partial charge in [0.2, 0.25) is 0 Å². The van der Waals surface area contributed by atoms with E-state index >= 15 is 0 Å². The predicted molar refractivity (Wildman–Crippen MR) is 123 cm³/mol. The predicted octanol–water partition coefficient (Wildman–Crippen LogP) is 4.22. The first-order valence-corrected chi connectivity index (χ1v) is 10.8. The fourth-order valence-corrected chi connectivity index (χ4v) is 3.72. The van der Waals surface area contributed by atoms with Gasteiger partial charge in [0, 0.05) is 24.1 Å². The highest BCUT2D eigenvalue weighted by atomic mass is 35.5. The Morgan fingerprint density at radius 2 is 1.87 bits per heavy atom. The third-order valence-corrected chi connectivity index (χ3v) is 5.52. The molecular weight excluding hydrogens is 414 g/mol. The summed E-state index contributed by atoms with van der Waals surface area (Å²) in [6.07, 6.45) is 1.98. The van der Waals surface area contributed by atoms with Crippen molar-refractivity contribution in [1.82, 2.24) is 14.3 Å². The molecule has 0 N–H and O–H groups in total. The maximum Gasteiger partial charge on any atom is 0.346 e. The largest absolute Gasteiger partial charge is 0.383 e. The molecule has 31 heavy (non-hydrogen) atoms. The van der Waals surface area contributed by atoms with Crippen molar-refractivity contribution in [2.75, 3.05) is 13.7 Å². The first kappa shape index (κ1) is 23.0. The molecule has 6 nitrogen and oxygen atoms in total. The number of halogens is 1. The second kappa shape index (κ2) is 10.6. The number of carbonyl (C=O) groups is 1. The number of rotatable bonds is 10. The van der Waals surface area contributed by atoms with E-state index in [0.29, 0.717) is 30.4 Å². The van der Waals surface area contributed by atoms with Crippen LogP contribution >= 0.6 is 11.6 Å². The molecular formula is C24H28ClN3O3. The third kappa shape index (κ3) is 5.93. The van der Waals surface area contributed by atoms with Crippen LogP contribution in [0.2, 0.25) is 5.02 Å². The Labute approximate surface area is 187 Å². The van der Waals surface area contributed by atoms with Gasteiger partial charge in [0.05, 0.1) is 13.2 Å². The first-order valence-electron chi connectivity index (χ1n) is 10.4. The van der Waals surface area contributed by atoms with E-state index < -0.39 is 0 Å². The lowest BCUT2D eigenvalue weighted by atomic mass is 10.00. The molecule has 0 aliphatic carbocycles. The molecule has 3 rings (SSSR count). The average molecular weight is 442 g/mol. The lowest BCUT2D eigenvalue weighted by Crippen LogP contribution is -2.28. The molecule has 1 aromatic heterocycles. The van der Waals surface area contributed by atoms with Crippen molar-refractivity contribution in [2.45, 2.75) is 46.2 Å². The van der Waals surface area contributed by atoms with Crippen LogP contribution < -0.4 is 5.69 Å². The highest BCUT2D eigenvalue weighted by Crippen LogP contribution is 2.19. The minimum absolute atomic E-state index is 0.00841. The molecule has 0 aliphatic rings. The number of aryl methyl sites for hydroxylation is 3. The van der Waals surface area contributed by atoms with Crippen LogP contribution in [0.15, 0.2) is 47.3 Å². The zero-order chi connectivity index (χ0) is 22.4. The molecule has 2 aromatic carbocycles. The van der Waals surface area contributed by atoms with E-state index in [-0.39, 0.29) is 18.0 Å². The van der Waals surface area contributed by atoms with Gasteiger partial charge in [-0.3, -0.25) is 9.36 Å². The summed E-state index contributed by atoms with van der Waals surface area (Å²) in [6, 6.07) is 13.5. The lowest BCUT2D eigenvalue weighted by molar-refractivity contribution is -0.119. The first-order chi connectivity index (χ1) is 14.9. The summed E-state index contributed by atoms with van der Waals surface area (Å²) in [5.41, 5.74) is 4.18. The van der Waals surface area contributed by atoms with E-state index in [1.165, 1.54) is 25.9 Å². The van der Waals surface area contributed by atoms with Gasteiger partial charge in [0.25, 0.3) is 0 Å². The number of carbonyl (C=O) groups excluding carboxylic acids is 1. The zero-order valence-electron chi connectivity index (χ0n) is 18.2. The van der Waals surface area contributed by atoms with Crippen molar-refractivity contribution in [3.05, 3.63) is 74.7 Å². The van der Waals surface area contributed by atoms with Crippen LogP contribution in [0.5, 0.6) is 0 Å². The topological polar surface area (TPSA) is 66.1 Å². The molecule has 0 saturated heterocycles. The molecule has 0 amide bonds. The second-order valence-electron chi connectivity index (χ2n) is 7.74. The van der Waals surface area contributed by atoms with E-state index in [1.807, 2.05) is 12.1 Å². The number of methoxy groups -OCH3 is 1. The summed E-state index contributed by atoms with van der Waals surface area (Å²) in [5, 5.41) is 5.04. The van der Waals surface area contributed by atoms with E-state index in [9.17, 15) is 9.59 Å². The fraction of sp³-hybridized carbons (Fsp3) is 0.375. The molecule has 3 aromatic rings. The Balaban J connectivity index is 1.70. The standard InChI is InChI=1S/C24H28ClN3O3/c1-17-7-8-19(18(2)15-17)5-4-6-22(29)16-28-24(30)27(13-14-31-3)23(26-28)20-9-11-21(25)12-10-20/h7-12,15H,4-6,13-14,16H2,1-3H3. The van der Waals surface area contributed by atoms with Crippen molar-refractivity contribution < 1.29 is 9.53 Å². The Hall–Kier alpha value is -2.70. The molecule has 0 atom stereocenters. The molecule has 0 bridgehead atoms. The number of ketones is 1. The highest BCUT2D eigenvalue weighted by molar-refractivity contribution is 6.30. The van der Waals surface area contributed by atoms with Gasteiger partial charge in [0.1, 0.15) is 6.54 Å². The van der Waals surface area contributed by atoms with Crippen LogP contribution in [0, 0.1) is 13.8 Å². The molecule has 164 valence electrons. The molecule has 0 aliphatic heterocycles. The molecule has 7 heteroatoms. The Morgan fingerprint density at radius 1 is 1.13 bits per heavy atom. The van der Waals surface area contributed by atoms with E-state index in [4.69, 9.17) is 16.3 Å². The molecule has 0 fully saturated rings. The molecule has 0 radical (unpaired) electrons. The van der Waals surface area contributed by atoms with Crippen molar-refractivity contribution in [3.8, 4) is 11.4 Å². The third-order valence-electron chi connectivity index (χ3n) is 5.27. The number of nitrogens with zero attached hydrogens (tertiary/aromatic N) is 3. The molecule has 0 saturated carbocycles. The van der Waals surface area contributed by atoms with Crippen LogP contribution in [-0.4, -0.2) is 33.8 Å². The van der Waals surface area contributed by atoms with Crippen molar-refractivity contribution >= 4 is 17.4 Å². The van der Waals surface area contributed by atoms with Crippen molar-refractivity contribution in [2.24, 2.45) is 0 Å². The number of Topliss-reactive ketones (excluding diaryl/α,β-unsaturated/α-hetero) is 1. The summed E-state index contributed by atoms with van der Waals surface area (Å²) in [4.78, 5) is 25.4. The van der Waals surface area contributed by atoms with E-state index in [2.05, 4.69) is 37.1 Å². The van der Waals surface area contributed by atoms with Gasteiger partial charge < -0.3 is 4.74 Å². The van der Waals surface area contributed by atoms with Gasteiger partial charge in [-0.2, -0.15) is 0 Å². The van der Waals surface area contributed by atoms with Gasteiger partial charge in [-0.15, -0.1) is 5.10 Å². The van der Waals surface area contributed by atoms with E-state index in [0.717, 1.165) is 18.4 Å². The summed E-state index contributed by atoms with van der Waals surface area (Å²) in [6.45, 7) is 4.85. The van der Waals surface area contributed by atoms with Gasteiger partial charge >= 0.3 is 5.69 Å². The van der Waals surface area contributed by atoms with Crippen molar-refractivity contribution in [3.63, 3.8) is 0 Å². The van der Waals surface area contributed by atoms with Crippen LogP contribution in [0.25, 0.3) is 11.4 Å². The van der Waals surface area contributed by atoms with E-state index in [1.54, 1.807) is 19.2 Å². The van der Waals surface area contributed by atoms with Gasteiger partial charge in [0.15, 0.2) is 11.6 Å². The summed E-state index contributed by atoms with van der Waals surface area (Å²) < 4.78 is 7.91. The normalized spacial score (nSPS) is 11.1. The van der Waals surface area contributed by atoms with Crippen LogP contribution in [-0.2, 0) is 29.0 Å². The minimum Gasteiger partial charge on any atom is -0.383 e. The van der Waals surface area contributed by atoms with Crippen molar-refractivity contribution in [1.29, 1.82) is 0 Å². The fourth-order valence-electron chi connectivity index (χ4n) is 3.59. The van der Waals surface area contributed by atoms with Crippen LogP contribution in [0.4, 0.5) is 0 Å². The highest BCUT2D eigenvalue weighted by Gasteiger charge is 2.17. The number of aromatic nitrogens is 3. The number of ether oxygens (including phenoxy) is 1. The average Bonchev–Trinajstić information content (AvgIpc) is 3.04. The van der Waals surface area contributed by atoms with Crippen LogP contribution in [0.3, 0.4) is 0 Å². The van der Waals surface area contributed by atoms with Gasteiger partial charge in [-0.25, -0.2) is 9.48 Å². The second-order valence-corrected chi connectivity index (χ2v) is 8.17. The molecule has 0 spiro atoms. The number of hydrogen-bond donors (Lipinski definition) is 0. The van der Waals surface area contributed by atoms with Gasteiger partial charge in [-0.05, 0) is 62.1 Å². The smallest absolute Gasteiger partial charge is 0.346 e.